The molecule has 5 nitrogen and oxygen atoms in total. The number of aliphatic hydroxyl groups excluding tert-OH is 1. The maximum atomic E-state index is 11.7. The molecule has 0 fully saturated rings. The zero-order valence-corrected chi connectivity index (χ0v) is 9.65. The summed E-state index contributed by atoms with van der Waals surface area (Å²) in [5.41, 5.74) is 1.14. The molecule has 0 radical (unpaired) electrons. The van der Waals surface area contributed by atoms with Gasteiger partial charge in [-0.2, -0.15) is 0 Å². The Balaban J connectivity index is 1.91. The smallest absolute Gasteiger partial charge is 0.254 e. The number of carbonyl (C=O) groups excluding carboxylic acids is 1. The molecule has 2 rings (SSSR count). The fourth-order valence-corrected chi connectivity index (χ4v) is 1.50. The van der Waals surface area contributed by atoms with Crippen molar-refractivity contribution in [1.29, 1.82) is 0 Å². The summed E-state index contributed by atoms with van der Waals surface area (Å²) in [6, 6.07) is 9.16. The van der Waals surface area contributed by atoms with Gasteiger partial charge in [0, 0.05) is 18.9 Å². The monoisotopic (exact) mass is 243 g/mol. The maximum absolute atomic E-state index is 11.7. The zero-order chi connectivity index (χ0) is 12.8. The molecule has 0 spiro atoms. The van der Waals surface area contributed by atoms with Crippen LogP contribution in [-0.2, 0) is 0 Å². The Labute approximate surface area is 105 Å². The highest BCUT2D eigenvalue weighted by molar-refractivity contribution is 5.93. The van der Waals surface area contributed by atoms with E-state index in [-0.39, 0.29) is 12.5 Å². The third kappa shape index (κ3) is 3.11. The van der Waals surface area contributed by atoms with Crippen molar-refractivity contribution >= 4 is 5.91 Å². The number of hydrogen-bond donors (Lipinski definition) is 2. The van der Waals surface area contributed by atoms with Crippen LogP contribution in [0.15, 0.2) is 49.1 Å². The highest BCUT2D eigenvalue weighted by Crippen LogP contribution is 2.10. The normalized spacial score (nSPS) is 11.8. The van der Waals surface area contributed by atoms with Crippen LogP contribution in [0.5, 0.6) is 0 Å². The van der Waals surface area contributed by atoms with Gasteiger partial charge in [-0.3, -0.25) is 4.79 Å². The van der Waals surface area contributed by atoms with E-state index in [4.69, 9.17) is 0 Å². The van der Waals surface area contributed by atoms with Crippen molar-refractivity contribution in [3.05, 3.63) is 60.2 Å². The lowest BCUT2D eigenvalue weighted by molar-refractivity contribution is 0.0915. The topological polar surface area (TPSA) is 75.1 Å². The summed E-state index contributed by atoms with van der Waals surface area (Å²) in [4.78, 5) is 19.2. The Hall–Kier alpha value is -2.27. The van der Waals surface area contributed by atoms with Gasteiger partial charge in [0.2, 0.25) is 0 Å². The van der Waals surface area contributed by atoms with Gasteiger partial charge in [-0.25, -0.2) is 9.97 Å². The van der Waals surface area contributed by atoms with Crippen LogP contribution in [0.25, 0.3) is 0 Å². The number of aromatic nitrogens is 2. The lowest BCUT2D eigenvalue weighted by atomic mass is 10.1. The first-order chi connectivity index (χ1) is 8.77. The number of nitrogens with one attached hydrogen (secondary N) is 1. The van der Waals surface area contributed by atoms with Gasteiger partial charge in [-0.15, -0.1) is 0 Å². The molecule has 1 aromatic heterocycles. The van der Waals surface area contributed by atoms with E-state index in [1.54, 1.807) is 0 Å². The Bertz CT molecular complexity index is 502. The van der Waals surface area contributed by atoms with E-state index in [9.17, 15) is 9.90 Å². The Morgan fingerprint density at radius 1 is 1.22 bits per heavy atom. The standard InChI is InChI=1S/C13H13N3O2/c17-12(10-4-2-1-3-5-10)8-16-13(18)11-6-14-9-15-7-11/h1-7,9,12,17H,8H2,(H,16,18). The summed E-state index contributed by atoms with van der Waals surface area (Å²) < 4.78 is 0. The summed E-state index contributed by atoms with van der Waals surface area (Å²) in [5, 5.41) is 12.5. The quantitative estimate of drug-likeness (QED) is 0.838. The van der Waals surface area contributed by atoms with Gasteiger partial charge in [0.05, 0.1) is 11.7 Å². The van der Waals surface area contributed by atoms with Crippen molar-refractivity contribution < 1.29 is 9.90 Å². The molecule has 1 amide bonds. The van der Waals surface area contributed by atoms with Crippen molar-refractivity contribution in [1.82, 2.24) is 15.3 Å². The van der Waals surface area contributed by atoms with Gasteiger partial charge in [0.25, 0.3) is 5.91 Å². The molecule has 2 aromatic rings. The fraction of sp³-hybridized carbons (Fsp3) is 0.154. The second-order valence-electron chi connectivity index (χ2n) is 3.76. The molecule has 1 atom stereocenters. The van der Waals surface area contributed by atoms with Crippen LogP contribution in [0.3, 0.4) is 0 Å². The van der Waals surface area contributed by atoms with E-state index in [0.29, 0.717) is 5.56 Å². The molecule has 0 saturated carbocycles. The summed E-state index contributed by atoms with van der Waals surface area (Å²) in [6.45, 7) is 0.151. The number of benzene rings is 1. The first kappa shape index (κ1) is 12.2. The van der Waals surface area contributed by atoms with Gasteiger partial charge in [0.15, 0.2) is 0 Å². The van der Waals surface area contributed by atoms with Crippen LogP contribution in [0.2, 0.25) is 0 Å². The summed E-state index contributed by atoms with van der Waals surface area (Å²) in [5.74, 6) is -0.300. The molecule has 18 heavy (non-hydrogen) atoms. The van der Waals surface area contributed by atoms with Crippen molar-refractivity contribution in [3.63, 3.8) is 0 Å². The SMILES string of the molecule is O=C(NCC(O)c1ccccc1)c1cncnc1. The van der Waals surface area contributed by atoms with E-state index < -0.39 is 6.10 Å². The molecular weight excluding hydrogens is 230 g/mol. The van der Waals surface area contributed by atoms with E-state index in [2.05, 4.69) is 15.3 Å². The molecule has 0 aliphatic carbocycles. The maximum Gasteiger partial charge on any atom is 0.254 e. The number of carbonyl (C=O) groups is 1. The highest BCUT2D eigenvalue weighted by atomic mass is 16.3. The molecule has 92 valence electrons. The van der Waals surface area contributed by atoms with Crippen molar-refractivity contribution in [3.8, 4) is 0 Å². The van der Waals surface area contributed by atoms with Crippen LogP contribution in [-0.4, -0.2) is 27.5 Å². The third-order valence-electron chi connectivity index (χ3n) is 2.46. The van der Waals surface area contributed by atoms with E-state index in [1.165, 1.54) is 18.7 Å². The lowest BCUT2D eigenvalue weighted by Gasteiger charge is -2.11. The molecule has 0 aliphatic heterocycles. The second kappa shape index (κ2) is 5.88. The zero-order valence-electron chi connectivity index (χ0n) is 9.65. The third-order valence-corrected chi connectivity index (χ3v) is 2.46. The number of rotatable bonds is 4. The summed E-state index contributed by atoms with van der Waals surface area (Å²) in [7, 11) is 0. The molecule has 1 heterocycles. The van der Waals surface area contributed by atoms with Gasteiger partial charge in [-0.05, 0) is 5.56 Å². The van der Waals surface area contributed by atoms with Gasteiger partial charge in [-0.1, -0.05) is 30.3 Å². The Kier molecular flexibility index (Phi) is 3.98. The van der Waals surface area contributed by atoms with Crippen molar-refractivity contribution in [2.75, 3.05) is 6.54 Å². The molecule has 2 N–H and O–H groups in total. The van der Waals surface area contributed by atoms with Crippen LogP contribution in [0, 0.1) is 0 Å². The predicted molar refractivity (Wildman–Crippen MR) is 65.8 cm³/mol. The van der Waals surface area contributed by atoms with Crippen molar-refractivity contribution in [2.45, 2.75) is 6.10 Å². The molecule has 0 saturated heterocycles. The van der Waals surface area contributed by atoms with Gasteiger partial charge < -0.3 is 10.4 Å². The minimum absolute atomic E-state index is 0.151. The summed E-state index contributed by atoms with van der Waals surface area (Å²) in [6.07, 6.45) is 3.49. The number of aliphatic hydroxyl groups is 1. The second-order valence-corrected chi connectivity index (χ2v) is 3.76. The lowest BCUT2D eigenvalue weighted by Crippen LogP contribution is -2.28. The van der Waals surface area contributed by atoms with E-state index >= 15 is 0 Å². The average molecular weight is 243 g/mol. The highest BCUT2D eigenvalue weighted by Gasteiger charge is 2.10. The molecule has 1 aromatic carbocycles. The molecular formula is C13H13N3O2. The van der Waals surface area contributed by atoms with Crippen molar-refractivity contribution in [2.24, 2.45) is 0 Å². The van der Waals surface area contributed by atoms with E-state index in [0.717, 1.165) is 5.56 Å². The molecule has 0 bridgehead atoms. The first-order valence-electron chi connectivity index (χ1n) is 5.53. The van der Waals surface area contributed by atoms with Gasteiger partial charge in [0.1, 0.15) is 6.33 Å². The Morgan fingerprint density at radius 2 is 1.89 bits per heavy atom. The van der Waals surface area contributed by atoms with Crippen LogP contribution in [0.4, 0.5) is 0 Å². The van der Waals surface area contributed by atoms with Crippen LogP contribution in [0.1, 0.15) is 22.0 Å². The molecule has 0 aliphatic rings. The Morgan fingerprint density at radius 3 is 2.56 bits per heavy atom. The van der Waals surface area contributed by atoms with Crippen LogP contribution >= 0.6 is 0 Å². The van der Waals surface area contributed by atoms with Gasteiger partial charge >= 0.3 is 0 Å². The fourth-order valence-electron chi connectivity index (χ4n) is 1.50. The summed E-state index contributed by atoms with van der Waals surface area (Å²) >= 11 is 0. The molecule has 5 heteroatoms. The number of amides is 1. The minimum atomic E-state index is -0.722. The predicted octanol–water partition coefficient (Wildman–Crippen LogP) is 0.940. The molecule has 1 unspecified atom stereocenters. The van der Waals surface area contributed by atoms with E-state index in [1.807, 2.05) is 30.3 Å². The largest absolute Gasteiger partial charge is 0.387 e. The average Bonchev–Trinajstić information content (AvgIpc) is 2.46. The first-order valence-corrected chi connectivity index (χ1v) is 5.53. The van der Waals surface area contributed by atoms with Crippen LogP contribution < -0.4 is 5.32 Å². The number of hydrogen-bond acceptors (Lipinski definition) is 4. The minimum Gasteiger partial charge on any atom is -0.387 e. The number of nitrogens with zero attached hydrogens (tertiary/aromatic N) is 2.